The van der Waals surface area contributed by atoms with E-state index in [9.17, 15) is 22.4 Å². The average Bonchev–Trinajstić information content (AvgIpc) is 3.33. The second-order valence-electron chi connectivity index (χ2n) is 7.46. The largest absolute Gasteiger partial charge is 0.445 e. The highest BCUT2D eigenvalue weighted by Crippen LogP contribution is 2.30. The van der Waals surface area contributed by atoms with E-state index in [1.807, 2.05) is 0 Å². The van der Waals surface area contributed by atoms with Crippen molar-refractivity contribution in [3.63, 3.8) is 0 Å². The number of rotatable bonds is 4. The minimum absolute atomic E-state index is 0.0933. The molecule has 0 radical (unpaired) electrons. The molecule has 1 amide bonds. The number of carbonyl (C=O) groups is 1. The van der Waals surface area contributed by atoms with Crippen LogP contribution in [0.5, 0.6) is 0 Å². The Kier molecular flexibility index (Phi) is 6.05. The topological polar surface area (TPSA) is 71.3 Å². The van der Waals surface area contributed by atoms with Crippen molar-refractivity contribution >= 4 is 11.7 Å². The third kappa shape index (κ3) is 4.67. The number of nitrogens with one attached hydrogen (secondary N) is 1. The van der Waals surface area contributed by atoms with Gasteiger partial charge in [0.2, 0.25) is 5.89 Å². The molecule has 1 aliphatic rings. The molecule has 1 N–H and O–H groups in total. The minimum atomic E-state index is -4.49. The Hall–Kier alpha value is -3.87. The van der Waals surface area contributed by atoms with Gasteiger partial charge in [-0.2, -0.15) is 13.2 Å². The van der Waals surface area contributed by atoms with Gasteiger partial charge < -0.3 is 14.6 Å². The first-order chi connectivity index (χ1) is 15.8. The number of pyridine rings is 1. The molecule has 2 unspecified atom stereocenters. The molecule has 0 bridgehead atoms. The van der Waals surface area contributed by atoms with E-state index in [0.717, 1.165) is 24.4 Å². The number of alkyl halides is 3. The second-order valence-corrected chi connectivity index (χ2v) is 7.46. The monoisotopic (exact) mass is 458 g/mol. The lowest BCUT2D eigenvalue weighted by Gasteiger charge is -2.39. The number of amides is 1. The van der Waals surface area contributed by atoms with Crippen molar-refractivity contribution < 1.29 is 26.8 Å². The molecule has 1 aliphatic heterocycles. The number of halogens is 4. The standard InChI is InChI=1S/C23H18F4N4O2/c1-2-19-18(30-20-8-5-14(13-29-20)23(25,26)27)4-3-10-31(19)22(32)16-7-6-15(24)12-17(16)21-28-9-11-33-21/h1,5-9,11-13,18-19H,3-4,10H2,(H,29,30). The van der Waals surface area contributed by atoms with Crippen molar-refractivity contribution in [2.45, 2.75) is 31.1 Å². The fourth-order valence-corrected chi connectivity index (χ4v) is 3.81. The van der Waals surface area contributed by atoms with Crippen LogP contribution in [0.25, 0.3) is 11.5 Å². The average molecular weight is 458 g/mol. The van der Waals surface area contributed by atoms with Gasteiger partial charge in [-0.05, 0) is 43.2 Å². The summed E-state index contributed by atoms with van der Waals surface area (Å²) in [5.41, 5.74) is -0.495. The number of benzene rings is 1. The van der Waals surface area contributed by atoms with Gasteiger partial charge in [-0.25, -0.2) is 14.4 Å². The van der Waals surface area contributed by atoms with Gasteiger partial charge in [0, 0.05) is 12.7 Å². The molecule has 6 nitrogen and oxygen atoms in total. The summed E-state index contributed by atoms with van der Waals surface area (Å²) >= 11 is 0. The molecule has 1 aromatic carbocycles. The number of carbonyl (C=O) groups excluding carboxylic acids is 1. The number of likely N-dealkylation sites (tertiary alicyclic amines) is 1. The molecule has 2 atom stereocenters. The Morgan fingerprint density at radius 3 is 2.70 bits per heavy atom. The van der Waals surface area contributed by atoms with E-state index in [4.69, 9.17) is 10.8 Å². The van der Waals surface area contributed by atoms with Crippen molar-refractivity contribution in [1.29, 1.82) is 0 Å². The minimum Gasteiger partial charge on any atom is -0.445 e. The summed E-state index contributed by atoms with van der Waals surface area (Å²) in [4.78, 5) is 22.7. The van der Waals surface area contributed by atoms with Gasteiger partial charge in [-0.1, -0.05) is 5.92 Å². The summed E-state index contributed by atoms with van der Waals surface area (Å²) in [7, 11) is 0. The Balaban J connectivity index is 1.58. The first-order valence-corrected chi connectivity index (χ1v) is 10.0. The van der Waals surface area contributed by atoms with Gasteiger partial charge in [-0.3, -0.25) is 4.79 Å². The molecular formula is C23H18F4N4O2. The Morgan fingerprint density at radius 1 is 1.24 bits per heavy atom. The van der Waals surface area contributed by atoms with Crippen molar-refractivity contribution in [3.8, 4) is 23.8 Å². The molecule has 1 fully saturated rings. The van der Waals surface area contributed by atoms with Crippen LogP contribution < -0.4 is 5.32 Å². The fraction of sp³-hybridized carbons (Fsp3) is 0.261. The molecule has 33 heavy (non-hydrogen) atoms. The van der Waals surface area contributed by atoms with Crippen LogP contribution in [0.4, 0.5) is 23.4 Å². The van der Waals surface area contributed by atoms with E-state index in [1.54, 1.807) is 0 Å². The quantitative estimate of drug-likeness (QED) is 0.457. The Morgan fingerprint density at radius 2 is 2.06 bits per heavy atom. The summed E-state index contributed by atoms with van der Waals surface area (Å²) in [5.74, 6) is 1.92. The number of piperidine rings is 1. The van der Waals surface area contributed by atoms with Crippen LogP contribution in [-0.2, 0) is 6.18 Å². The maximum Gasteiger partial charge on any atom is 0.417 e. The molecule has 170 valence electrons. The Labute approximate surface area is 186 Å². The van der Waals surface area contributed by atoms with E-state index < -0.39 is 35.5 Å². The van der Waals surface area contributed by atoms with Crippen molar-refractivity contribution in [1.82, 2.24) is 14.9 Å². The number of hydrogen-bond donors (Lipinski definition) is 1. The highest BCUT2D eigenvalue weighted by atomic mass is 19.4. The number of oxazole rings is 1. The van der Waals surface area contributed by atoms with Crippen LogP contribution in [0.3, 0.4) is 0 Å². The van der Waals surface area contributed by atoms with Crippen molar-refractivity contribution in [3.05, 3.63) is 65.9 Å². The SMILES string of the molecule is C#CC1C(Nc2ccc(C(F)(F)F)cn2)CCCN1C(=O)c1ccc(F)cc1-c1ncco1. The molecule has 4 rings (SSSR count). The molecule has 0 aliphatic carbocycles. The van der Waals surface area contributed by atoms with Gasteiger partial charge in [0.15, 0.2) is 0 Å². The smallest absolute Gasteiger partial charge is 0.417 e. The van der Waals surface area contributed by atoms with E-state index in [0.29, 0.717) is 19.4 Å². The summed E-state index contributed by atoms with van der Waals surface area (Å²) in [6.45, 7) is 0.356. The molecule has 0 spiro atoms. The number of nitrogens with zero attached hydrogens (tertiary/aromatic N) is 3. The highest BCUT2D eigenvalue weighted by Gasteiger charge is 2.35. The van der Waals surface area contributed by atoms with Crippen LogP contribution in [0.2, 0.25) is 0 Å². The highest BCUT2D eigenvalue weighted by molar-refractivity contribution is 6.00. The lowest BCUT2D eigenvalue weighted by Crippen LogP contribution is -2.53. The molecule has 3 heterocycles. The molecular weight excluding hydrogens is 440 g/mol. The number of hydrogen-bond acceptors (Lipinski definition) is 5. The molecule has 0 saturated carbocycles. The summed E-state index contributed by atoms with van der Waals surface area (Å²) in [6, 6.07) is 4.66. The lowest BCUT2D eigenvalue weighted by molar-refractivity contribution is -0.137. The summed E-state index contributed by atoms with van der Waals surface area (Å²) in [6.07, 6.45) is 5.87. The van der Waals surface area contributed by atoms with E-state index in [-0.39, 0.29) is 22.8 Å². The summed E-state index contributed by atoms with van der Waals surface area (Å²) in [5, 5.41) is 3.04. The zero-order chi connectivity index (χ0) is 23.6. The zero-order valence-corrected chi connectivity index (χ0v) is 17.1. The first kappa shape index (κ1) is 22.3. The third-order valence-electron chi connectivity index (χ3n) is 5.36. The van der Waals surface area contributed by atoms with Gasteiger partial charge in [-0.15, -0.1) is 6.42 Å². The van der Waals surface area contributed by atoms with Crippen molar-refractivity contribution in [2.75, 3.05) is 11.9 Å². The lowest BCUT2D eigenvalue weighted by atomic mass is 9.94. The molecule has 1 saturated heterocycles. The zero-order valence-electron chi connectivity index (χ0n) is 17.1. The predicted molar refractivity (Wildman–Crippen MR) is 111 cm³/mol. The van der Waals surface area contributed by atoms with Gasteiger partial charge >= 0.3 is 6.18 Å². The van der Waals surface area contributed by atoms with Crippen LogP contribution in [0, 0.1) is 18.2 Å². The molecule has 10 heteroatoms. The van der Waals surface area contributed by atoms with E-state index in [2.05, 4.69) is 21.2 Å². The predicted octanol–water partition coefficient (Wildman–Crippen LogP) is 4.61. The van der Waals surface area contributed by atoms with E-state index in [1.165, 1.54) is 29.5 Å². The maximum atomic E-state index is 13.9. The normalized spacial score (nSPS) is 18.6. The second kappa shape index (κ2) is 8.94. The number of anilines is 1. The van der Waals surface area contributed by atoms with Gasteiger partial charge in [0.05, 0.1) is 28.9 Å². The number of aromatic nitrogens is 2. The fourth-order valence-electron chi connectivity index (χ4n) is 3.81. The number of terminal acetylenes is 1. The molecule has 3 aromatic rings. The third-order valence-corrected chi connectivity index (χ3v) is 5.36. The van der Waals surface area contributed by atoms with Crippen LogP contribution >= 0.6 is 0 Å². The van der Waals surface area contributed by atoms with Crippen LogP contribution in [0.15, 0.2) is 53.4 Å². The van der Waals surface area contributed by atoms with Crippen molar-refractivity contribution in [2.24, 2.45) is 0 Å². The molecule has 2 aromatic heterocycles. The maximum absolute atomic E-state index is 13.9. The van der Waals surface area contributed by atoms with Crippen LogP contribution in [0.1, 0.15) is 28.8 Å². The Bertz CT molecular complexity index is 1170. The van der Waals surface area contributed by atoms with E-state index >= 15 is 0 Å². The van der Waals surface area contributed by atoms with Gasteiger partial charge in [0.25, 0.3) is 5.91 Å². The first-order valence-electron chi connectivity index (χ1n) is 10.0. The van der Waals surface area contributed by atoms with Gasteiger partial charge in [0.1, 0.15) is 23.9 Å². The van der Waals surface area contributed by atoms with Crippen LogP contribution in [-0.4, -0.2) is 39.4 Å². The summed E-state index contributed by atoms with van der Waals surface area (Å²) < 4.78 is 57.5.